The molecule has 0 spiro atoms. The van der Waals surface area contributed by atoms with Gasteiger partial charge in [0.25, 0.3) is 11.6 Å². The molecule has 0 aliphatic carbocycles. The Kier molecular flexibility index (Phi) is 4.90. The SMILES string of the molecule is O=C(NCc1ccccc1)c1cc(-c2ccco2)nn1-c1ccc([N+](=O)[O-])cc1. The van der Waals surface area contributed by atoms with E-state index in [0.29, 0.717) is 29.4 Å². The number of carbonyl (C=O) groups is 1. The van der Waals surface area contributed by atoms with E-state index >= 15 is 0 Å². The maximum absolute atomic E-state index is 12.9. The zero-order chi connectivity index (χ0) is 20.2. The fraction of sp³-hybridized carbons (Fsp3) is 0.0476. The van der Waals surface area contributed by atoms with E-state index in [1.165, 1.54) is 23.1 Å². The number of nitro groups is 1. The number of nitrogens with zero attached hydrogens (tertiary/aromatic N) is 3. The highest BCUT2D eigenvalue weighted by Gasteiger charge is 2.19. The molecule has 0 aliphatic rings. The molecule has 2 heterocycles. The van der Waals surface area contributed by atoms with Gasteiger partial charge in [-0.2, -0.15) is 5.10 Å². The van der Waals surface area contributed by atoms with Crippen LogP contribution >= 0.6 is 0 Å². The van der Waals surface area contributed by atoms with Crippen LogP contribution in [0.25, 0.3) is 17.1 Å². The molecule has 0 aliphatic heterocycles. The summed E-state index contributed by atoms with van der Waals surface area (Å²) in [5, 5.41) is 18.3. The fourth-order valence-electron chi connectivity index (χ4n) is 2.87. The second-order valence-electron chi connectivity index (χ2n) is 6.25. The summed E-state index contributed by atoms with van der Waals surface area (Å²) in [6.07, 6.45) is 1.52. The molecular formula is C21H16N4O4. The van der Waals surface area contributed by atoms with Gasteiger partial charge >= 0.3 is 0 Å². The molecule has 2 aromatic heterocycles. The van der Waals surface area contributed by atoms with Crippen molar-refractivity contribution < 1.29 is 14.1 Å². The van der Waals surface area contributed by atoms with Crippen LogP contribution < -0.4 is 5.32 Å². The molecule has 0 radical (unpaired) electrons. The molecule has 4 aromatic rings. The molecule has 0 atom stereocenters. The lowest BCUT2D eigenvalue weighted by molar-refractivity contribution is -0.384. The third-order valence-electron chi connectivity index (χ3n) is 4.32. The van der Waals surface area contributed by atoms with Crippen molar-refractivity contribution in [1.29, 1.82) is 0 Å². The number of hydrogen-bond acceptors (Lipinski definition) is 5. The Balaban J connectivity index is 1.67. The third-order valence-corrected chi connectivity index (χ3v) is 4.32. The van der Waals surface area contributed by atoms with Gasteiger partial charge in [-0.1, -0.05) is 30.3 Å². The normalized spacial score (nSPS) is 10.6. The van der Waals surface area contributed by atoms with Crippen molar-refractivity contribution in [3.05, 3.63) is 100 Å². The third kappa shape index (κ3) is 3.91. The first-order chi connectivity index (χ1) is 14.1. The highest BCUT2D eigenvalue weighted by atomic mass is 16.6. The van der Waals surface area contributed by atoms with E-state index in [1.54, 1.807) is 30.3 Å². The lowest BCUT2D eigenvalue weighted by atomic mass is 10.2. The number of nitro benzene ring substituents is 1. The number of benzene rings is 2. The Morgan fingerprint density at radius 2 is 1.83 bits per heavy atom. The van der Waals surface area contributed by atoms with Gasteiger partial charge in [0.15, 0.2) is 5.76 Å². The molecule has 1 amide bonds. The number of amides is 1. The summed E-state index contributed by atoms with van der Waals surface area (Å²) in [5.74, 6) is 0.195. The zero-order valence-corrected chi connectivity index (χ0v) is 15.2. The molecule has 2 aromatic carbocycles. The molecule has 0 saturated heterocycles. The first-order valence-corrected chi connectivity index (χ1v) is 8.83. The average Bonchev–Trinajstić information content (AvgIpc) is 3.43. The molecule has 29 heavy (non-hydrogen) atoms. The van der Waals surface area contributed by atoms with Crippen molar-refractivity contribution in [2.45, 2.75) is 6.54 Å². The van der Waals surface area contributed by atoms with Crippen LogP contribution in [-0.4, -0.2) is 20.6 Å². The molecule has 4 rings (SSSR count). The summed E-state index contributed by atoms with van der Waals surface area (Å²) < 4.78 is 6.83. The fourth-order valence-corrected chi connectivity index (χ4v) is 2.87. The van der Waals surface area contributed by atoms with Crippen LogP contribution in [0.15, 0.2) is 83.5 Å². The quantitative estimate of drug-likeness (QED) is 0.398. The Bertz CT molecular complexity index is 1130. The van der Waals surface area contributed by atoms with Gasteiger partial charge in [0.05, 0.1) is 16.9 Å². The van der Waals surface area contributed by atoms with Gasteiger partial charge in [0.2, 0.25) is 0 Å². The summed E-state index contributed by atoms with van der Waals surface area (Å²) in [4.78, 5) is 23.3. The molecule has 0 fully saturated rings. The summed E-state index contributed by atoms with van der Waals surface area (Å²) in [6.45, 7) is 0.362. The lowest BCUT2D eigenvalue weighted by Gasteiger charge is -2.08. The minimum absolute atomic E-state index is 0.0396. The van der Waals surface area contributed by atoms with E-state index in [0.717, 1.165) is 5.56 Å². The highest BCUT2D eigenvalue weighted by molar-refractivity contribution is 5.94. The Labute approximate surface area is 165 Å². The first kappa shape index (κ1) is 18.2. The number of carbonyl (C=O) groups excluding carboxylic acids is 1. The number of nitrogens with one attached hydrogen (secondary N) is 1. The number of furan rings is 1. The number of rotatable bonds is 6. The van der Waals surface area contributed by atoms with E-state index in [2.05, 4.69) is 10.4 Å². The zero-order valence-electron chi connectivity index (χ0n) is 15.2. The van der Waals surface area contributed by atoms with Crippen LogP contribution in [0.3, 0.4) is 0 Å². The largest absolute Gasteiger partial charge is 0.463 e. The van der Waals surface area contributed by atoms with Crippen LogP contribution in [0.2, 0.25) is 0 Å². The molecule has 8 heteroatoms. The molecule has 0 unspecified atom stereocenters. The van der Waals surface area contributed by atoms with Crippen molar-refractivity contribution in [2.75, 3.05) is 0 Å². The summed E-state index contributed by atoms with van der Waals surface area (Å²) >= 11 is 0. The van der Waals surface area contributed by atoms with E-state index < -0.39 is 4.92 Å². The minimum Gasteiger partial charge on any atom is -0.463 e. The van der Waals surface area contributed by atoms with Crippen molar-refractivity contribution in [2.24, 2.45) is 0 Å². The Hall–Kier alpha value is -4.20. The van der Waals surface area contributed by atoms with Gasteiger partial charge in [-0.15, -0.1) is 0 Å². The Morgan fingerprint density at radius 3 is 2.48 bits per heavy atom. The second-order valence-corrected chi connectivity index (χ2v) is 6.25. The predicted octanol–water partition coefficient (Wildman–Crippen LogP) is 3.97. The molecule has 144 valence electrons. The Morgan fingerprint density at radius 1 is 1.07 bits per heavy atom. The van der Waals surface area contributed by atoms with Crippen LogP contribution in [0, 0.1) is 10.1 Å². The van der Waals surface area contributed by atoms with Crippen LogP contribution in [-0.2, 0) is 6.54 Å². The predicted molar refractivity (Wildman–Crippen MR) is 106 cm³/mol. The van der Waals surface area contributed by atoms with Crippen LogP contribution in [0.5, 0.6) is 0 Å². The smallest absolute Gasteiger partial charge is 0.270 e. The van der Waals surface area contributed by atoms with E-state index in [9.17, 15) is 14.9 Å². The minimum atomic E-state index is -0.478. The van der Waals surface area contributed by atoms with Crippen LogP contribution in [0.1, 0.15) is 16.1 Å². The number of hydrogen-bond donors (Lipinski definition) is 1. The number of aromatic nitrogens is 2. The standard InChI is InChI=1S/C21H16N4O4/c26-21(22-14-15-5-2-1-3-6-15)19-13-18(20-7-4-12-29-20)23-24(19)16-8-10-17(11-9-16)25(27)28/h1-13H,14H2,(H,22,26). The van der Waals surface area contributed by atoms with Gasteiger partial charge < -0.3 is 9.73 Å². The molecule has 8 nitrogen and oxygen atoms in total. The summed E-state index contributed by atoms with van der Waals surface area (Å²) in [6, 6.07) is 20.5. The number of non-ortho nitro benzene ring substituents is 1. The van der Waals surface area contributed by atoms with E-state index in [1.807, 2.05) is 30.3 Å². The van der Waals surface area contributed by atoms with Crippen molar-refractivity contribution in [3.63, 3.8) is 0 Å². The molecular weight excluding hydrogens is 372 g/mol. The van der Waals surface area contributed by atoms with Gasteiger partial charge in [-0.05, 0) is 29.8 Å². The average molecular weight is 388 g/mol. The molecule has 0 bridgehead atoms. The van der Waals surface area contributed by atoms with Crippen molar-refractivity contribution >= 4 is 11.6 Å². The van der Waals surface area contributed by atoms with Crippen molar-refractivity contribution in [3.8, 4) is 17.1 Å². The second kappa shape index (κ2) is 7.81. The summed E-state index contributed by atoms with van der Waals surface area (Å²) in [7, 11) is 0. The molecule has 0 saturated carbocycles. The maximum Gasteiger partial charge on any atom is 0.270 e. The molecule has 1 N–H and O–H groups in total. The van der Waals surface area contributed by atoms with Gasteiger partial charge in [0.1, 0.15) is 11.4 Å². The summed E-state index contributed by atoms with van der Waals surface area (Å²) in [5.41, 5.74) is 2.23. The van der Waals surface area contributed by atoms with Gasteiger partial charge in [-0.25, -0.2) is 4.68 Å². The maximum atomic E-state index is 12.9. The van der Waals surface area contributed by atoms with Crippen LogP contribution in [0.4, 0.5) is 5.69 Å². The van der Waals surface area contributed by atoms with Gasteiger partial charge in [0, 0.05) is 24.7 Å². The van der Waals surface area contributed by atoms with Crippen molar-refractivity contribution in [1.82, 2.24) is 15.1 Å². The van der Waals surface area contributed by atoms with E-state index in [-0.39, 0.29) is 11.6 Å². The first-order valence-electron chi connectivity index (χ1n) is 8.83. The highest BCUT2D eigenvalue weighted by Crippen LogP contribution is 2.23. The lowest BCUT2D eigenvalue weighted by Crippen LogP contribution is -2.25. The monoisotopic (exact) mass is 388 g/mol. The van der Waals surface area contributed by atoms with Gasteiger partial charge in [-0.3, -0.25) is 14.9 Å². The van der Waals surface area contributed by atoms with E-state index in [4.69, 9.17) is 4.42 Å². The topological polar surface area (TPSA) is 103 Å².